The summed E-state index contributed by atoms with van der Waals surface area (Å²) >= 11 is 5.99. The largest absolute Gasteiger partial charge is 0.489 e. The summed E-state index contributed by atoms with van der Waals surface area (Å²) in [5.74, 6) is -0.0450. The number of carbonyl (C=O) groups is 1. The average molecular weight is 432 g/mol. The molecule has 0 bridgehead atoms. The number of H-pyrrole nitrogens is 1. The average Bonchev–Trinajstić information content (AvgIpc) is 3.04. The van der Waals surface area contributed by atoms with Crippen molar-refractivity contribution in [2.24, 2.45) is 0 Å². The molecular formula is C22H23ClFN3O3. The number of amides is 1. The number of benzene rings is 2. The first-order valence-electron chi connectivity index (χ1n) is 9.78. The van der Waals surface area contributed by atoms with Crippen LogP contribution in [0.25, 0.3) is 10.9 Å². The van der Waals surface area contributed by atoms with Gasteiger partial charge in [-0.15, -0.1) is 0 Å². The third-order valence-electron chi connectivity index (χ3n) is 5.17. The Balaban J connectivity index is 1.39. The Kier molecular flexibility index (Phi) is 5.94. The van der Waals surface area contributed by atoms with Gasteiger partial charge in [0, 0.05) is 54.6 Å². The molecule has 6 nitrogen and oxygen atoms in total. The minimum absolute atomic E-state index is 0.0695. The molecule has 3 N–H and O–H groups in total. The number of aliphatic hydroxyl groups excluding tert-OH is 1. The standard InChI is InChI=1S/C22H23ClFN3O3/c1-13(28)25-21-8-14(23)2-5-22(21)30-12-16(29)10-27-7-6-20-18(11-27)17-9-15(24)3-4-19(17)26-20/h2-5,8-9,16,26,29H,6-7,10-12H2,1H3,(H,25,28). The maximum atomic E-state index is 13.7. The first-order valence-corrected chi connectivity index (χ1v) is 10.2. The molecule has 8 heteroatoms. The highest BCUT2D eigenvalue weighted by molar-refractivity contribution is 6.31. The number of carbonyl (C=O) groups excluding carboxylic acids is 1. The van der Waals surface area contributed by atoms with Crippen LogP contribution in [0.1, 0.15) is 18.2 Å². The van der Waals surface area contributed by atoms with Crippen molar-refractivity contribution in [2.75, 3.05) is 25.0 Å². The number of nitrogens with one attached hydrogen (secondary N) is 2. The van der Waals surface area contributed by atoms with Crippen molar-refractivity contribution < 1.29 is 19.0 Å². The number of β-amino-alcohol motifs (C(OH)–C–C–N with tert-alkyl or cyclic N) is 1. The fraction of sp³-hybridized carbons (Fsp3) is 0.318. The van der Waals surface area contributed by atoms with Gasteiger partial charge in [-0.1, -0.05) is 11.6 Å². The maximum absolute atomic E-state index is 13.7. The van der Waals surface area contributed by atoms with Crippen LogP contribution in [0.3, 0.4) is 0 Å². The second-order valence-corrected chi connectivity index (χ2v) is 7.98. The Bertz CT molecular complexity index is 1080. The van der Waals surface area contributed by atoms with E-state index in [4.69, 9.17) is 16.3 Å². The number of nitrogens with zero attached hydrogens (tertiary/aromatic N) is 1. The summed E-state index contributed by atoms with van der Waals surface area (Å²) in [4.78, 5) is 16.9. The summed E-state index contributed by atoms with van der Waals surface area (Å²) in [5.41, 5.74) is 3.60. The summed E-state index contributed by atoms with van der Waals surface area (Å²) in [7, 11) is 0. The van der Waals surface area contributed by atoms with E-state index >= 15 is 0 Å². The van der Waals surface area contributed by atoms with Crippen molar-refractivity contribution in [3.63, 3.8) is 0 Å². The molecule has 1 unspecified atom stereocenters. The molecule has 0 aliphatic carbocycles. The number of aliphatic hydroxyl groups is 1. The van der Waals surface area contributed by atoms with Gasteiger partial charge in [0.1, 0.15) is 24.3 Å². The van der Waals surface area contributed by atoms with Gasteiger partial charge in [0.25, 0.3) is 0 Å². The summed E-state index contributed by atoms with van der Waals surface area (Å²) in [6.45, 7) is 3.32. The van der Waals surface area contributed by atoms with Gasteiger partial charge in [0.2, 0.25) is 5.91 Å². The van der Waals surface area contributed by atoms with Gasteiger partial charge < -0.3 is 20.1 Å². The second kappa shape index (κ2) is 8.63. The van der Waals surface area contributed by atoms with E-state index in [1.165, 1.54) is 13.0 Å². The van der Waals surface area contributed by atoms with Crippen molar-refractivity contribution in [3.05, 3.63) is 58.5 Å². The molecule has 0 saturated carbocycles. The van der Waals surface area contributed by atoms with Crippen molar-refractivity contribution in [3.8, 4) is 5.75 Å². The van der Waals surface area contributed by atoms with Crippen molar-refractivity contribution in [1.82, 2.24) is 9.88 Å². The first-order chi connectivity index (χ1) is 14.4. The van der Waals surface area contributed by atoms with Crippen LogP contribution in [0.5, 0.6) is 5.75 Å². The lowest BCUT2D eigenvalue weighted by Gasteiger charge is -2.29. The Morgan fingerprint density at radius 1 is 1.37 bits per heavy atom. The summed E-state index contributed by atoms with van der Waals surface area (Å²) < 4.78 is 19.4. The fourth-order valence-electron chi connectivity index (χ4n) is 3.85. The number of ether oxygens (including phenoxy) is 1. The zero-order valence-corrected chi connectivity index (χ0v) is 17.3. The van der Waals surface area contributed by atoms with E-state index in [2.05, 4.69) is 15.2 Å². The molecule has 2 heterocycles. The molecule has 0 radical (unpaired) electrons. The zero-order valence-electron chi connectivity index (χ0n) is 16.5. The molecule has 4 rings (SSSR count). The zero-order chi connectivity index (χ0) is 21.3. The van der Waals surface area contributed by atoms with Gasteiger partial charge in [0.05, 0.1) is 5.69 Å². The summed E-state index contributed by atoms with van der Waals surface area (Å²) in [6, 6.07) is 9.69. The van der Waals surface area contributed by atoms with Crippen LogP contribution >= 0.6 is 11.6 Å². The Morgan fingerprint density at radius 3 is 3.00 bits per heavy atom. The SMILES string of the molecule is CC(=O)Nc1cc(Cl)ccc1OCC(O)CN1CCc2[nH]c3ccc(F)cc3c2C1. The quantitative estimate of drug-likeness (QED) is 0.556. The third kappa shape index (κ3) is 4.59. The smallest absolute Gasteiger partial charge is 0.221 e. The molecule has 0 spiro atoms. The van der Waals surface area contributed by atoms with E-state index in [0.29, 0.717) is 29.5 Å². The molecule has 1 amide bonds. The van der Waals surface area contributed by atoms with Crippen LogP contribution in [-0.4, -0.2) is 46.7 Å². The highest BCUT2D eigenvalue weighted by Gasteiger charge is 2.23. The Hall–Kier alpha value is -2.61. The normalized spacial score (nSPS) is 15.1. The minimum atomic E-state index is -0.727. The van der Waals surface area contributed by atoms with E-state index in [-0.39, 0.29) is 18.3 Å². The lowest BCUT2D eigenvalue weighted by molar-refractivity contribution is -0.114. The number of hydrogen-bond acceptors (Lipinski definition) is 4. The predicted octanol–water partition coefficient (Wildman–Crippen LogP) is 3.72. The lowest BCUT2D eigenvalue weighted by Crippen LogP contribution is -2.38. The molecule has 1 aliphatic rings. The van der Waals surface area contributed by atoms with Gasteiger partial charge in [-0.3, -0.25) is 9.69 Å². The number of rotatable bonds is 6. The van der Waals surface area contributed by atoms with Crippen molar-refractivity contribution in [2.45, 2.75) is 26.0 Å². The molecule has 1 atom stereocenters. The van der Waals surface area contributed by atoms with Crippen LogP contribution in [0.2, 0.25) is 5.02 Å². The minimum Gasteiger partial charge on any atom is -0.489 e. The first kappa shape index (κ1) is 20.7. The molecule has 1 aliphatic heterocycles. The lowest BCUT2D eigenvalue weighted by atomic mass is 10.0. The number of fused-ring (bicyclic) bond motifs is 3. The number of halogens is 2. The Labute approximate surface area is 178 Å². The maximum Gasteiger partial charge on any atom is 0.221 e. The third-order valence-corrected chi connectivity index (χ3v) is 5.40. The number of anilines is 1. The topological polar surface area (TPSA) is 77.6 Å². The highest BCUT2D eigenvalue weighted by Crippen LogP contribution is 2.30. The van der Waals surface area contributed by atoms with E-state index in [0.717, 1.165) is 35.1 Å². The number of hydrogen-bond donors (Lipinski definition) is 3. The molecule has 158 valence electrons. The molecule has 0 saturated heterocycles. The van der Waals surface area contributed by atoms with E-state index in [1.807, 2.05) is 0 Å². The van der Waals surface area contributed by atoms with Crippen LogP contribution < -0.4 is 10.1 Å². The van der Waals surface area contributed by atoms with Crippen molar-refractivity contribution >= 4 is 34.1 Å². The molecule has 30 heavy (non-hydrogen) atoms. The molecule has 0 fully saturated rings. The van der Waals surface area contributed by atoms with Gasteiger partial charge in [-0.2, -0.15) is 0 Å². The number of aromatic amines is 1. The Morgan fingerprint density at radius 2 is 2.20 bits per heavy atom. The van der Waals surface area contributed by atoms with Crippen molar-refractivity contribution in [1.29, 1.82) is 0 Å². The van der Waals surface area contributed by atoms with E-state index in [9.17, 15) is 14.3 Å². The van der Waals surface area contributed by atoms with Crippen LogP contribution in [0.15, 0.2) is 36.4 Å². The van der Waals surface area contributed by atoms with E-state index < -0.39 is 6.10 Å². The number of aromatic nitrogens is 1. The predicted molar refractivity (Wildman–Crippen MR) is 114 cm³/mol. The monoisotopic (exact) mass is 431 g/mol. The second-order valence-electron chi connectivity index (χ2n) is 7.54. The van der Waals surface area contributed by atoms with Gasteiger partial charge in [-0.05, 0) is 42.0 Å². The van der Waals surface area contributed by atoms with Gasteiger partial charge in [-0.25, -0.2) is 4.39 Å². The van der Waals surface area contributed by atoms with E-state index in [1.54, 1.807) is 30.3 Å². The van der Waals surface area contributed by atoms with Gasteiger partial charge >= 0.3 is 0 Å². The van der Waals surface area contributed by atoms with Gasteiger partial charge in [0.15, 0.2) is 0 Å². The molecular weight excluding hydrogens is 409 g/mol. The molecule has 3 aromatic rings. The van der Waals surface area contributed by atoms with Crippen LogP contribution in [-0.2, 0) is 17.8 Å². The van der Waals surface area contributed by atoms with Crippen LogP contribution in [0, 0.1) is 5.82 Å². The fourth-order valence-corrected chi connectivity index (χ4v) is 4.02. The highest BCUT2D eigenvalue weighted by atomic mass is 35.5. The molecule has 1 aromatic heterocycles. The summed E-state index contributed by atoms with van der Waals surface area (Å²) in [6.07, 6.45) is 0.0811. The molecule has 2 aromatic carbocycles. The van der Waals surface area contributed by atoms with Crippen LogP contribution in [0.4, 0.5) is 10.1 Å². The summed E-state index contributed by atoms with van der Waals surface area (Å²) in [5, 5.41) is 14.5.